The summed E-state index contributed by atoms with van der Waals surface area (Å²) in [5, 5.41) is 13.0. The monoisotopic (exact) mass is 291 g/mol. The third-order valence-electron chi connectivity index (χ3n) is 3.30. The van der Waals surface area contributed by atoms with Gasteiger partial charge < -0.3 is 10.4 Å². The molecule has 4 heteroatoms. The Bertz CT molecular complexity index is 530. The quantitative estimate of drug-likeness (QED) is 0.625. The van der Waals surface area contributed by atoms with Crippen molar-refractivity contribution in [3.05, 3.63) is 59.4 Å². The van der Waals surface area contributed by atoms with Gasteiger partial charge in [0.2, 0.25) is 5.91 Å². The number of hydrogen-bond acceptors (Lipinski definition) is 2. The van der Waals surface area contributed by atoms with Crippen LogP contribution in [0, 0.1) is 5.82 Å². The number of amides is 1. The summed E-state index contributed by atoms with van der Waals surface area (Å²) in [4.78, 5) is 11.7. The molecule has 114 valence electrons. The minimum Gasteiger partial charge on any atom is -0.384 e. The molecule has 0 saturated heterocycles. The van der Waals surface area contributed by atoms with Gasteiger partial charge in [-0.1, -0.05) is 36.8 Å². The summed E-state index contributed by atoms with van der Waals surface area (Å²) in [5.74, 6) is -0.634. The number of hydrogen-bond donors (Lipinski definition) is 2. The van der Waals surface area contributed by atoms with Gasteiger partial charge in [-0.2, -0.15) is 0 Å². The Hall–Kier alpha value is -1.94. The molecular weight excluding hydrogens is 269 g/mol. The van der Waals surface area contributed by atoms with Crippen LogP contribution in [0.2, 0.25) is 0 Å². The van der Waals surface area contributed by atoms with E-state index in [0.29, 0.717) is 5.56 Å². The molecule has 0 bridgehead atoms. The average molecular weight is 291 g/mol. The Morgan fingerprint density at radius 2 is 1.95 bits per heavy atom. The number of halogens is 1. The second-order valence-electron chi connectivity index (χ2n) is 5.05. The number of allylic oxidation sites excluding steroid dienone is 3. The van der Waals surface area contributed by atoms with Crippen LogP contribution in [0.15, 0.2) is 48.1 Å². The number of carbonyl (C=O) groups excluding carboxylic acids is 1. The van der Waals surface area contributed by atoms with Gasteiger partial charge in [-0.25, -0.2) is 4.39 Å². The highest BCUT2D eigenvalue weighted by atomic mass is 19.1. The summed E-state index contributed by atoms with van der Waals surface area (Å²) in [7, 11) is 0. The van der Waals surface area contributed by atoms with Crippen molar-refractivity contribution in [1.29, 1.82) is 0 Å². The lowest BCUT2D eigenvalue weighted by Gasteiger charge is -2.23. The molecular formula is C17H22FNO2. The maximum absolute atomic E-state index is 12.9. The fraction of sp³-hybridized carbons (Fsp3) is 0.353. The summed E-state index contributed by atoms with van der Waals surface area (Å²) in [6, 6.07) is 5.58. The van der Waals surface area contributed by atoms with Crippen LogP contribution in [0.4, 0.5) is 4.39 Å². The highest BCUT2D eigenvalue weighted by Crippen LogP contribution is 2.19. The van der Waals surface area contributed by atoms with E-state index in [2.05, 4.69) is 5.32 Å². The van der Waals surface area contributed by atoms with Crippen molar-refractivity contribution in [3.8, 4) is 0 Å². The number of rotatable bonds is 6. The summed E-state index contributed by atoms with van der Waals surface area (Å²) >= 11 is 0. The van der Waals surface area contributed by atoms with Gasteiger partial charge in [0.25, 0.3) is 0 Å². The Kier molecular flexibility index (Phi) is 6.31. The Morgan fingerprint density at radius 1 is 1.33 bits per heavy atom. The lowest BCUT2D eigenvalue weighted by atomic mass is 9.96. The Morgan fingerprint density at radius 3 is 2.48 bits per heavy atom. The molecule has 0 aliphatic carbocycles. The van der Waals surface area contributed by atoms with Crippen molar-refractivity contribution >= 4 is 5.91 Å². The average Bonchev–Trinajstić information content (AvgIpc) is 2.47. The van der Waals surface area contributed by atoms with Crippen LogP contribution in [0.25, 0.3) is 0 Å². The van der Waals surface area contributed by atoms with Crippen molar-refractivity contribution in [2.24, 2.45) is 0 Å². The third kappa shape index (κ3) is 5.52. The standard InChI is InChI=1S/C17H22FNO2/c1-4-13(5-2)6-11-16(20)19-12-17(3,21)14-7-9-15(18)10-8-14/h4,6-11,21H,5,12H2,1-3H3,(H,19,20). The van der Waals surface area contributed by atoms with E-state index in [9.17, 15) is 14.3 Å². The Labute approximate surface area is 125 Å². The third-order valence-corrected chi connectivity index (χ3v) is 3.30. The van der Waals surface area contributed by atoms with Crippen LogP contribution >= 0.6 is 0 Å². The highest BCUT2D eigenvalue weighted by molar-refractivity contribution is 5.88. The van der Waals surface area contributed by atoms with Crippen LogP contribution in [0.3, 0.4) is 0 Å². The second-order valence-corrected chi connectivity index (χ2v) is 5.05. The zero-order chi connectivity index (χ0) is 15.9. The van der Waals surface area contributed by atoms with Crippen LogP contribution in [0.1, 0.15) is 32.8 Å². The maximum Gasteiger partial charge on any atom is 0.244 e. The van der Waals surface area contributed by atoms with Crippen LogP contribution in [-0.4, -0.2) is 17.6 Å². The van der Waals surface area contributed by atoms with E-state index >= 15 is 0 Å². The topological polar surface area (TPSA) is 49.3 Å². The van der Waals surface area contributed by atoms with Crippen molar-refractivity contribution in [2.45, 2.75) is 32.8 Å². The van der Waals surface area contributed by atoms with Crippen LogP contribution < -0.4 is 5.32 Å². The summed E-state index contributed by atoms with van der Waals surface area (Å²) < 4.78 is 12.9. The van der Waals surface area contributed by atoms with Gasteiger partial charge in [0.15, 0.2) is 0 Å². The van der Waals surface area contributed by atoms with Crippen LogP contribution in [0.5, 0.6) is 0 Å². The molecule has 1 rings (SSSR count). The molecule has 0 heterocycles. The molecule has 1 atom stereocenters. The number of aliphatic hydroxyl groups is 1. The normalized spacial score (nSPS) is 15.0. The van der Waals surface area contributed by atoms with Gasteiger partial charge in [0, 0.05) is 6.08 Å². The van der Waals surface area contributed by atoms with Gasteiger partial charge >= 0.3 is 0 Å². The van der Waals surface area contributed by atoms with Gasteiger partial charge in [-0.05, 0) is 38.0 Å². The fourth-order valence-corrected chi connectivity index (χ4v) is 1.83. The highest BCUT2D eigenvalue weighted by Gasteiger charge is 2.23. The van der Waals surface area contributed by atoms with E-state index in [1.165, 1.54) is 30.3 Å². The van der Waals surface area contributed by atoms with Crippen LogP contribution in [-0.2, 0) is 10.4 Å². The first-order valence-corrected chi connectivity index (χ1v) is 6.98. The molecule has 1 aromatic carbocycles. The maximum atomic E-state index is 12.9. The molecule has 0 fully saturated rings. The molecule has 0 aliphatic heterocycles. The molecule has 1 amide bonds. The van der Waals surface area contributed by atoms with Crippen molar-refractivity contribution in [2.75, 3.05) is 6.54 Å². The molecule has 0 radical (unpaired) electrons. The van der Waals surface area contributed by atoms with E-state index in [1.54, 1.807) is 13.0 Å². The molecule has 0 spiro atoms. The minimum atomic E-state index is -1.24. The summed E-state index contributed by atoms with van der Waals surface area (Å²) in [6.45, 7) is 5.56. The Balaban J connectivity index is 2.61. The van der Waals surface area contributed by atoms with Crippen molar-refractivity contribution in [1.82, 2.24) is 5.32 Å². The predicted octanol–water partition coefficient (Wildman–Crippen LogP) is 3.06. The number of benzene rings is 1. The van der Waals surface area contributed by atoms with Gasteiger partial charge in [-0.15, -0.1) is 0 Å². The van der Waals surface area contributed by atoms with Crippen molar-refractivity contribution < 1.29 is 14.3 Å². The number of carbonyl (C=O) groups is 1. The van der Waals surface area contributed by atoms with Gasteiger partial charge in [-0.3, -0.25) is 4.79 Å². The van der Waals surface area contributed by atoms with E-state index in [0.717, 1.165) is 12.0 Å². The first kappa shape index (κ1) is 17.1. The molecule has 0 aromatic heterocycles. The van der Waals surface area contributed by atoms with E-state index in [-0.39, 0.29) is 18.3 Å². The smallest absolute Gasteiger partial charge is 0.244 e. The molecule has 1 aromatic rings. The van der Waals surface area contributed by atoms with E-state index in [1.807, 2.05) is 19.9 Å². The van der Waals surface area contributed by atoms with Gasteiger partial charge in [0.1, 0.15) is 11.4 Å². The molecule has 0 saturated carbocycles. The van der Waals surface area contributed by atoms with Gasteiger partial charge in [0.05, 0.1) is 6.54 Å². The summed E-state index contributed by atoms with van der Waals surface area (Å²) in [5.41, 5.74) is 0.372. The van der Waals surface area contributed by atoms with Crippen molar-refractivity contribution in [3.63, 3.8) is 0 Å². The minimum absolute atomic E-state index is 0.0547. The zero-order valence-corrected chi connectivity index (χ0v) is 12.7. The molecule has 3 nitrogen and oxygen atoms in total. The van der Waals surface area contributed by atoms with E-state index < -0.39 is 5.60 Å². The SMILES string of the molecule is CC=C(C=CC(=O)NCC(C)(O)c1ccc(F)cc1)CC. The number of nitrogens with one attached hydrogen (secondary N) is 1. The second kappa shape index (κ2) is 7.74. The predicted molar refractivity (Wildman–Crippen MR) is 82.2 cm³/mol. The lowest BCUT2D eigenvalue weighted by molar-refractivity contribution is -0.117. The largest absolute Gasteiger partial charge is 0.384 e. The zero-order valence-electron chi connectivity index (χ0n) is 12.7. The fourth-order valence-electron chi connectivity index (χ4n) is 1.83. The molecule has 21 heavy (non-hydrogen) atoms. The first-order valence-electron chi connectivity index (χ1n) is 6.98. The molecule has 1 unspecified atom stereocenters. The molecule has 0 aliphatic rings. The molecule has 2 N–H and O–H groups in total. The first-order chi connectivity index (χ1) is 9.89. The lowest BCUT2D eigenvalue weighted by Crippen LogP contribution is -2.37. The van der Waals surface area contributed by atoms with E-state index in [4.69, 9.17) is 0 Å². The summed E-state index contributed by atoms with van der Waals surface area (Å²) in [6.07, 6.45) is 5.99.